The van der Waals surface area contributed by atoms with Gasteiger partial charge in [-0.3, -0.25) is 9.59 Å². The molecular weight excluding hydrogens is 462 g/mol. The van der Waals surface area contributed by atoms with E-state index < -0.39 is 23.5 Å². The fourth-order valence-electron chi connectivity index (χ4n) is 5.47. The molecule has 6 nitrogen and oxygen atoms in total. The SMILES string of the molecule is C/C(=C\c1csc(C)n1)[C@H]1CC(=O)C[C@H](O)C(C)(C)C(=O)[C@H](C)[C@@H](O)[C@@H](C)CCC[C@@]2(C)O[C@H]2C1. The zero-order valence-corrected chi connectivity index (χ0v) is 23.2. The fourth-order valence-corrected chi connectivity index (χ4v) is 6.04. The quantitative estimate of drug-likeness (QED) is 0.540. The molecule has 1 aromatic rings. The van der Waals surface area contributed by atoms with E-state index in [0.717, 1.165) is 42.0 Å². The third kappa shape index (κ3) is 6.68. The molecule has 0 spiro atoms. The van der Waals surface area contributed by atoms with E-state index in [4.69, 9.17) is 4.74 Å². The van der Waals surface area contributed by atoms with Gasteiger partial charge in [0, 0.05) is 24.1 Å². The molecule has 2 fully saturated rings. The lowest BCUT2D eigenvalue weighted by molar-refractivity contribution is -0.143. The van der Waals surface area contributed by atoms with Crippen LogP contribution in [0.15, 0.2) is 11.0 Å². The molecule has 1 saturated heterocycles. The van der Waals surface area contributed by atoms with Crippen molar-refractivity contribution in [2.24, 2.45) is 23.2 Å². The molecule has 2 aliphatic rings. The van der Waals surface area contributed by atoms with Crippen molar-refractivity contribution in [3.05, 3.63) is 21.7 Å². The van der Waals surface area contributed by atoms with Crippen molar-refractivity contribution in [1.29, 1.82) is 0 Å². The molecule has 0 aromatic carbocycles. The van der Waals surface area contributed by atoms with Crippen LogP contribution in [0, 0.1) is 30.1 Å². The number of Topliss-reactive ketones (excluding diaryl/α,β-unsaturated/α-hetero) is 2. The van der Waals surface area contributed by atoms with Crippen LogP contribution in [0.4, 0.5) is 0 Å². The highest BCUT2D eigenvalue weighted by molar-refractivity contribution is 7.09. The molecule has 0 amide bonds. The van der Waals surface area contributed by atoms with Crippen molar-refractivity contribution in [3.63, 3.8) is 0 Å². The zero-order chi connectivity index (χ0) is 26.1. The number of carbonyl (C=O) groups is 2. The van der Waals surface area contributed by atoms with Gasteiger partial charge in [0.25, 0.3) is 0 Å². The first-order valence-electron chi connectivity index (χ1n) is 12.9. The first-order chi connectivity index (χ1) is 16.2. The van der Waals surface area contributed by atoms with Crippen LogP contribution < -0.4 is 0 Å². The smallest absolute Gasteiger partial charge is 0.146 e. The monoisotopic (exact) mass is 505 g/mol. The molecule has 3 rings (SSSR count). The van der Waals surface area contributed by atoms with E-state index in [2.05, 4.69) is 11.9 Å². The van der Waals surface area contributed by atoms with Gasteiger partial charge in [0.2, 0.25) is 0 Å². The van der Waals surface area contributed by atoms with Gasteiger partial charge in [-0.15, -0.1) is 11.3 Å². The number of nitrogens with zero attached hydrogens (tertiary/aromatic N) is 1. The summed E-state index contributed by atoms with van der Waals surface area (Å²) in [5, 5.41) is 24.8. The first kappa shape index (κ1) is 28.2. The number of hydrogen-bond donors (Lipinski definition) is 2. The molecule has 1 aliphatic heterocycles. The number of carbonyl (C=O) groups excluding carboxylic acids is 2. The van der Waals surface area contributed by atoms with Gasteiger partial charge in [0.05, 0.1) is 40.0 Å². The molecule has 0 unspecified atom stereocenters. The maximum atomic E-state index is 13.3. The predicted molar refractivity (Wildman–Crippen MR) is 139 cm³/mol. The van der Waals surface area contributed by atoms with Crippen molar-refractivity contribution in [1.82, 2.24) is 4.98 Å². The Hall–Kier alpha value is -1.41. The Morgan fingerprint density at radius 3 is 2.51 bits per heavy atom. The lowest BCUT2D eigenvalue weighted by Gasteiger charge is -2.34. The highest BCUT2D eigenvalue weighted by Crippen LogP contribution is 2.46. The minimum atomic E-state index is -1.12. The highest BCUT2D eigenvalue weighted by atomic mass is 32.1. The lowest BCUT2D eigenvalue weighted by Crippen LogP contribution is -2.45. The van der Waals surface area contributed by atoms with E-state index >= 15 is 0 Å². The zero-order valence-electron chi connectivity index (χ0n) is 22.3. The minimum Gasteiger partial charge on any atom is -0.392 e. The van der Waals surface area contributed by atoms with Crippen LogP contribution in [0.5, 0.6) is 0 Å². The van der Waals surface area contributed by atoms with E-state index in [1.54, 1.807) is 32.1 Å². The molecule has 0 radical (unpaired) electrons. The van der Waals surface area contributed by atoms with E-state index in [0.29, 0.717) is 0 Å². The van der Waals surface area contributed by atoms with Crippen molar-refractivity contribution in [2.45, 2.75) is 111 Å². The second kappa shape index (κ2) is 10.9. The Kier molecular flexibility index (Phi) is 8.78. The Morgan fingerprint density at radius 1 is 1.20 bits per heavy atom. The van der Waals surface area contributed by atoms with Crippen LogP contribution in [-0.2, 0) is 14.3 Å². The molecule has 1 saturated carbocycles. The van der Waals surface area contributed by atoms with Gasteiger partial charge in [-0.05, 0) is 57.9 Å². The summed E-state index contributed by atoms with van der Waals surface area (Å²) in [4.78, 5) is 30.9. The van der Waals surface area contributed by atoms with E-state index in [9.17, 15) is 19.8 Å². The summed E-state index contributed by atoms with van der Waals surface area (Å²) in [6.07, 6.45) is 3.77. The van der Waals surface area contributed by atoms with E-state index in [-0.39, 0.29) is 47.9 Å². The van der Waals surface area contributed by atoms with Crippen LogP contribution >= 0.6 is 11.3 Å². The van der Waals surface area contributed by atoms with Gasteiger partial charge < -0.3 is 14.9 Å². The number of ether oxygens (including phenoxy) is 1. The summed E-state index contributed by atoms with van der Waals surface area (Å²) in [6.45, 7) is 13.2. The molecule has 2 N–H and O–H groups in total. The summed E-state index contributed by atoms with van der Waals surface area (Å²) in [5.41, 5.74) is 0.641. The summed E-state index contributed by atoms with van der Waals surface area (Å²) < 4.78 is 6.14. The largest absolute Gasteiger partial charge is 0.392 e. The number of aliphatic hydroxyl groups is 2. The van der Waals surface area contributed by atoms with Crippen molar-refractivity contribution >= 4 is 29.0 Å². The van der Waals surface area contributed by atoms with Gasteiger partial charge in [-0.2, -0.15) is 0 Å². The highest BCUT2D eigenvalue weighted by Gasteiger charge is 2.52. The van der Waals surface area contributed by atoms with Crippen LogP contribution in [0.3, 0.4) is 0 Å². The summed E-state index contributed by atoms with van der Waals surface area (Å²) in [6, 6.07) is 0. The maximum absolute atomic E-state index is 13.3. The number of rotatable bonds is 2. The number of epoxide rings is 1. The maximum Gasteiger partial charge on any atom is 0.146 e. The number of thiazole rings is 1. The second-order valence-corrected chi connectivity index (χ2v) is 12.8. The Morgan fingerprint density at radius 2 is 1.89 bits per heavy atom. The number of aromatic nitrogens is 1. The topological polar surface area (TPSA) is 100 Å². The molecule has 0 bridgehead atoms. The van der Waals surface area contributed by atoms with Crippen LogP contribution in [0.2, 0.25) is 0 Å². The normalized spacial score (nSPS) is 37.7. The standard InChI is InChI=1S/C28H43NO5S/c1-16-9-8-10-28(7)24(34-28)13-20(17(2)11-21-15-35-19(4)29-21)12-22(30)14-23(31)27(5,6)26(33)18(3)25(16)32/h11,15-16,18,20,23-25,31-32H,8-10,12-14H2,1-7H3/b17-11+/t16-,18+,20-,23-,24-,25-,28+/m0/s1. The van der Waals surface area contributed by atoms with Crippen LogP contribution in [0.1, 0.15) is 90.8 Å². The predicted octanol–water partition coefficient (Wildman–Crippen LogP) is 5.14. The number of aliphatic hydroxyl groups excluding tert-OH is 2. The van der Waals surface area contributed by atoms with Crippen molar-refractivity contribution < 1.29 is 24.5 Å². The molecule has 2 heterocycles. The third-order valence-electron chi connectivity index (χ3n) is 8.39. The van der Waals surface area contributed by atoms with Gasteiger partial charge in [0.15, 0.2) is 0 Å². The molecule has 1 aromatic heterocycles. The van der Waals surface area contributed by atoms with Gasteiger partial charge >= 0.3 is 0 Å². The average molecular weight is 506 g/mol. The Bertz CT molecular complexity index is 953. The van der Waals surface area contributed by atoms with Gasteiger partial charge in [-0.25, -0.2) is 4.98 Å². The first-order valence-corrected chi connectivity index (χ1v) is 13.8. The number of fused-ring (bicyclic) bond motifs is 1. The second-order valence-electron chi connectivity index (χ2n) is 11.7. The molecule has 196 valence electrons. The molecule has 7 heteroatoms. The van der Waals surface area contributed by atoms with Crippen molar-refractivity contribution in [3.8, 4) is 0 Å². The number of ketones is 2. The van der Waals surface area contributed by atoms with Crippen LogP contribution in [0.25, 0.3) is 6.08 Å². The summed E-state index contributed by atoms with van der Waals surface area (Å²) in [7, 11) is 0. The van der Waals surface area contributed by atoms with Crippen LogP contribution in [-0.4, -0.2) is 50.7 Å². The van der Waals surface area contributed by atoms with E-state index in [1.807, 2.05) is 32.2 Å². The Labute approximate surface area is 214 Å². The van der Waals surface area contributed by atoms with E-state index in [1.165, 1.54) is 0 Å². The van der Waals surface area contributed by atoms with Gasteiger partial charge in [0.1, 0.15) is 11.6 Å². The average Bonchev–Trinajstić information content (AvgIpc) is 3.22. The van der Waals surface area contributed by atoms with Gasteiger partial charge in [-0.1, -0.05) is 39.7 Å². The molecular formula is C28H43NO5S. The molecule has 35 heavy (non-hydrogen) atoms. The number of hydrogen-bond acceptors (Lipinski definition) is 7. The third-order valence-corrected chi connectivity index (χ3v) is 9.19. The number of allylic oxidation sites excluding steroid dienone is 1. The summed E-state index contributed by atoms with van der Waals surface area (Å²) in [5.74, 6) is -0.945. The Balaban J connectivity index is 1.85. The minimum absolute atomic E-state index is 0.0186. The fraction of sp³-hybridized carbons (Fsp3) is 0.750. The molecule has 7 atom stereocenters. The van der Waals surface area contributed by atoms with Crippen molar-refractivity contribution in [2.75, 3.05) is 0 Å². The number of aryl methyl sites for hydroxylation is 1. The molecule has 1 aliphatic carbocycles. The summed E-state index contributed by atoms with van der Waals surface area (Å²) >= 11 is 1.60. The lowest BCUT2D eigenvalue weighted by atomic mass is 9.72.